The minimum atomic E-state index is -1.12. The molecule has 3 nitrogen and oxygen atoms in total. The normalized spacial score (nSPS) is 12.8. The van der Waals surface area contributed by atoms with E-state index in [0.29, 0.717) is 17.0 Å². The van der Waals surface area contributed by atoms with Crippen LogP contribution in [0, 0.1) is 6.92 Å². The summed E-state index contributed by atoms with van der Waals surface area (Å²) in [5.74, 6) is 0.0129. The highest BCUT2D eigenvalue weighted by atomic mass is 32.2. The summed E-state index contributed by atoms with van der Waals surface area (Å²) in [6.45, 7) is 2.27. The van der Waals surface area contributed by atoms with Crippen LogP contribution in [0.25, 0.3) is 0 Å². The number of carbonyl (C=O) groups excluding carboxylic acids is 1. The van der Waals surface area contributed by atoms with E-state index in [1.165, 1.54) is 0 Å². The van der Waals surface area contributed by atoms with Gasteiger partial charge in [-0.2, -0.15) is 0 Å². The van der Waals surface area contributed by atoms with Gasteiger partial charge < -0.3 is 4.90 Å². The molecule has 1 aromatic rings. The van der Waals surface area contributed by atoms with Crippen molar-refractivity contribution in [2.24, 2.45) is 0 Å². The molecule has 0 amide bonds. The Hall–Kier alpha value is -1.00. The minimum Gasteiger partial charge on any atom is -0.302 e. The van der Waals surface area contributed by atoms with Crippen molar-refractivity contribution in [2.45, 2.75) is 11.8 Å². The number of nitrogens with zero attached hydrogens (tertiary/aromatic N) is 1. The maximum Gasteiger partial charge on any atom is 0.178 e. The van der Waals surface area contributed by atoms with E-state index >= 15 is 0 Å². The van der Waals surface area contributed by atoms with Gasteiger partial charge in [-0.3, -0.25) is 9.00 Å². The highest BCUT2D eigenvalue weighted by Gasteiger charge is 2.14. The molecule has 1 unspecified atom stereocenters. The largest absolute Gasteiger partial charge is 0.302 e. The lowest BCUT2D eigenvalue weighted by Gasteiger charge is -2.11. The lowest BCUT2D eigenvalue weighted by molar-refractivity contribution is 0.0954. The zero-order valence-electron chi connectivity index (χ0n) is 10.1. The molecule has 0 aromatic heterocycles. The van der Waals surface area contributed by atoms with Crippen LogP contribution in [0.4, 0.5) is 0 Å². The van der Waals surface area contributed by atoms with E-state index in [2.05, 4.69) is 0 Å². The maximum atomic E-state index is 12.0. The fourth-order valence-corrected chi connectivity index (χ4v) is 2.23. The Labute approximate surface area is 98.9 Å². The summed E-state index contributed by atoms with van der Waals surface area (Å²) >= 11 is 0. The topological polar surface area (TPSA) is 37.4 Å². The van der Waals surface area contributed by atoms with Crippen molar-refractivity contribution in [3.63, 3.8) is 0 Å². The third kappa shape index (κ3) is 3.25. The lowest BCUT2D eigenvalue weighted by atomic mass is 10.1. The quantitative estimate of drug-likeness (QED) is 0.747. The molecule has 1 rings (SSSR count). The van der Waals surface area contributed by atoms with E-state index in [1.807, 2.05) is 38.1 Å². The number of rotatable bonds is 4. The summed E-state index contributed by atoms with van der Waals surface area (Å²) in [6, 6.07) is 5.46. The average Bonchev–Trinajstić information content (AvgIpc) is 2.15. The molecule has 0 fully saturated rings. The summed E-state index contributed by atoms with van der Waals surface area (Å²) in [5.41, 5.74) is 1.59. The van der Waals surface area contributed by atoms with Crippen molar-refractivity contribution in [1.29, 1.82) is 0 Å². The highest BCUT2D eigenvalue weighted by Crippen LogP contribution is 2.16. The van der Waals surface area contributed by atoms with E-state index in [9.17, 15) is 9.00 Å². The minimum absolute atomic E-state index is 0.0129. The first kappa shape index (κ1) is 13.1. The number of aryl methyl sites for hydroxylation is 1. The number of ketones is 1. The summed E-state index contributed by atoms with van der Waals surface area (Å²) < 4.78 is 11.5. The zero-order chi connectivity index (χ0) is 12.3. The van der Waals surface area contributed by atoms with Gasteiger partial charge in [0, 0.05) is 16.7 Å². The zero-order valence-corrected chi connectivity index (χ0v) is 10.9. The molecule has 0 spiro atoms. The van der Waals surface area contributed by atoms with Crippen molar-refractivity contribution in [1.82, 2.24) is 4.90 Å². The smallest absolute Gasteiger partial charge is 0.178 e. The molecule has 0 aliphatic heterocycles. The molecule has 16 heavy (non-hydrogen) atoms. The van der Waals surface area contributed by atoms with Gasteiger partial charge in [0.25, 0.3) is 0 Å². The third-order valence-electron chi connectivity index (χ3n) is 2.21. The molecular formula is C12H17NO2S. The van der Waals surface area contributed by atoms with Crippen molar-refractivity contribution in [3.05, 3.63) is 29.3 Å². The first-order valence-electron chi connectivity index (χ1n) is 5.04. The molecule has 0 aliphatic carbocycles. The predicted octanol–water partition coefficient (Wildman–Crippen LogP) is 1.48. The van der Waals surface area contributed by atoms with Crippen LogP contribution in [-0.4, -0.2) is 41.8 Å². The summed E-state index contributed by atoms with van der Waals surface area (Å²) in [5, 5.41) is 0. The molecule has 0 saturated heterocycles. The Morgan fingerprint density at radius 3 is 2.50 bits per heavy atom. The van der Waals surface area contributed by atoms with Gasteiger partial charge in [-0.25, -0.2) is 0 Å². The molecular weight excluding hydrogens is 222 g/mol. The Bertz CT molecular complexity index is 427. The number of likely N-dealkylation sites (N-methyl/N-ethyl adjacent to an activating group) is 1. The lowest BCUT2D eigenvalue weighted by Crippen LogP contribution is -2.22. The first-order valence-corrected chi connectivity index (χ1v) is 6.59. The van der Waals surface area contributed by atoms with Gasteiger partial charge in [0.05, 0.1) is 17.3 Å². The molecule has 0 N–H and O–H groups in total. The first-order chi connectivity index (χ1) is 7.41. The van der Waals surface area contributed by atoms with Crippen molar-refractivity contribution in [2.75, 3.05) is 26.9 Å². The molecule has 4 heteroatoms. The van der Waals surface area contributed by atoms with Gasteiger partial charge in [0.15, 0.2) is 5.78 Å². The number of Topliss-reactive ketones (excluding diaryl/α,β-unsaturated/α-hetero) is 1. The molecule has 0 heterocycles. The van der Waals surface area contributed by atoms with Crippen LogP contribution in [0.15, 0.2) is 23.1 Å². The van der Waals surface area contributed by atoms with Gasteiger partial charge in [0.2, 0.25) is 0 Å². The number of carbonyl (C=O) groups is 1. The van der Waals surface area contributed by atoms with E-state index in [4.69, 9.17) is 0 Å². The number of hydrogen-bond acceptors (Lipinski definition) is 3. The standard InChI is InChI=1S/C12H17NO2S/c1-9-5-6-12(16(4)15)10(7-9)11(14)8-13(2)3/h5-7H,8H2,1-4H3. The molecule has 1 aromatic carbocycles. The van der Waals surface area contributed by atoms with Crippen LogP contribution in [-0.2, 0) is 10.8 Å². The van der Waals surface area contributed by atoms with Gasteiger partial charge in [-0.15, -0.1) is 0 Å². The predicted molar refractivity (Wildman–Crippen MR) is 66.4 cm³/mol. The number of benzene rings is 1. The van der Waals surface area contributed by atoms with Crippen LogP contribution in [0.3, 0.4) is 0 Å². The van der Waals surface area contributed by atoms with Crippen molar-refractivity contribution < 1.29 is 9.00 Å². The second-order valence-electron chi connectivity index (χ2n) is 4.11. The van der Waals surface area contributed by atoms with Crippen LogP contribution in [0.1, 0.15) is 15.9 Å². The van der Waals surface area contributed by atoms with E-state index < -0.39 is 10.8 Å². The molecule has 0 saturated carbocycles. The van der Waals surface area contributed by atoms with Crippen LogP contribution >= 0.6 is 0 Å². The van der Waals surface area contributed by atoms with Crippen LogP contribution < -0.4 is 0 Å². The third-order valence-corrected chi connectivity index (χ3v) is 3.18. The molecule has 1 atom stereocenters. The molecule has 0 bridgehead atoms. The maximum absolute atomic E-state index is 12.0. The van der Waals surface area contributed by atoms with Crippen LogP contribution in [0.5, 0.6) is 0 Å². The van der Waals surface area contributed by atoms with Gasteiger partial charge in [-0.05, 0) is 33.2 Å². The Morgan fingerprint density at radius 2 is 2.00 bits per heavy atom. The summed E-state index contributed by atoms with van der Waals surface area (Å²) in [4.78, 5) is 14.4. The average molecular weight is 239 g/mol. The van der Waals surface area contributed by atoms with Crippen LogP contribution in [0.2, 0.25) is 0 Å². The Morgan fingerprint density at radius 1 is 1.38 bits per heavy atom. The fourth-order valence-electron chi connectivity index (χ4n) is 1.48. The number of hydrogen-bond donors (Lipinski definition) is 0. The second-order valence-corrected chi connectivity index (χ2v) is 5.46. The highest BCUT2D eigenvalue weighted by molar-refractivity contribution is 7.84. The molecule has 88 valence electrons. The molecule has 0 aliphatic rings. The summed E-state index contributed by atoms with van der Waals surface area (Å²) in [6.07, 6.45) is 1.59. The van der Waals surface area contributed by atoms with Crippen molar-refractivity contribution in [3.8, 4) is 0 Å². The van der Waals surface area contributed by atoms with Gasteiger partial charge in [0.1, 0.15) is 0 Å². The SMILES string of the molecule is Cc1ccc(S(C)=O)c(C(=O)CN(C)C)c1. The van der Waals surface area contributed by atoms with E-state index in [-0.39, 0.29) is 5.78 Å². The monoisotopic (exact) mass is 239 g/mol. The van der Waals surface area contributed by atoms with E-state index in [1.54, 1.807) is 12.3 Å². The van der Waals surface area contributed by atoms with E-state index in [0.717, 1.165) is 5.56 Å². The Balaban J connectivity index is 3.14. The second kappa shape index (κ2) is 5.37. The molecule has 0 radical (unpaired) electrons. The summed E-state index contributed by atoms with van der Waals surface area (Å²) in [7, 11) is 2.56. The van der Waals surface area contributed by atoms with Gasteiger partial charge >= 0.3 is 0 Å². The van der Waals surface area contributed by atoms with Crippen molar-refractivity contribution >= 4 is 16.6 Å². The fraction of sp³-hybridized carbons (Fsp3) is 0.417. The van der Waals surface area contributed by atoms with Gasteiger partial charge in [-0.1, -0.05) is 11.6 Å². The Kier molecular flexibility index (Phi) is 4.38.